The third-order valence-electron chi connectivity index (χ3n) is 6.90. The number of nitrogens with one attached hydrogen (secondary N) is 2. The van der Waals surface area contributed by atoms with E-state index in [-0.39, 0.29) is 17.4 Å². The number of nitrogens with zero attached hydrogens (tertiary/aromatic N) is 2. The maximum atomic E-state index is 14.0. The monoisotopic (exact) mass is 424 g/mol. The van der Waals surface area contributed by atoms with Gasteiger partial charge in [0.1, 0.15) is 11.6 Å². The predicted molar refractivity (Wildman–Crippen MR) is 118 cm³/mol. The number of amides is 2. The summed E-state index contributed by atoms with van der Waals surface area (Å²) in [6.07, 6.45) is 2.90. The second-order valence-electron chi connectivity index (χ2n) is 8.87. The maximum absolute atomic E-state index is 14.0. The highest BCUT2D eigenvalue weighted by Gasteiger charge is 2.57. The summed E-state index contributed by atoms with van der Waals surface area (Å²) in [4.78, 5) is 17.3. The number of rotatable bonds is 6. The smallest absolute Gasteiger partial charge is 0.325 e. The van der Waals surface area contributed by atoms with E-state index in [0.717, 1.165) is 43.6 Å². The minimum absolute atomic E-state index is 0.000249. The molecule has 0 radical (unpaired) electrons. The molecule has 31 heavy (non-hydrogen) atoms. The van der Waals surface area contributed by atoms with Gasteiger partial charge >= 0.3 is 6.03 Å². The molecule has 2 aromatic carbocycles. The summed E-state index contributed by atoms with van der Waals surface area (Å²) in [5, 5.41) is 0. The number of carbonyl (C=O) groups excluding carboxylic acids is 1. The highest BCUT2D eigenvalue weighted by atomic mass is 19.1. The van der Waals surface area contributed by atoms with Crippen molar-refractivity contribution in [1.29, 1.82) is 0 Å². The Morgan fingerprint density at radius 3 is 2.61 bits per heavy atom. The van der Waals surface area contributed by atoms with Crippen LogP contribution < -0.4 is 20.5 Å². The molecule has 0 bridgehead atoms. The molecule has 2 N–H and O–H groups in total. The minimum atomic E-state index is -0.346. The van der Waals surface area contributed by atoms with Crippen LogP contribution in [0, 0.1) is 5.82 Å². The quantitative estimate of drug-likeness (QED) is 0.745. The molecule has 6 nitrogen and oxygen atoms in total. The molecule has 2 aromatic rings. The first-order valence-electron chi connectivity index (χ1n) is 11.0. The van der Waals surface area contributed by atoms with Crippen LogP contribution in [0.1, 0.15) is 42.4 Å². The molecule has 1 spiro atoms. The largest absolute Gasteiger partial charge is 0.497 e. The van der Waals surface area contributed by atoms with Crippen LogP contribution in [0.2, 0.25) is 0 Å². The standard InChI is InChI=1S/C24H29FN4O2/c1-3-17-10-20(4-5-22(17)18-12-26-27-13-18)28-15-24(6-7-24)29(23(28)30)14-16-8-19(25)11-21(9-16)31-2/h4-5,8-11,18,26-27H,3,6-7,12-15H2,1-2H3. The van der Waals surface area contributed by atoms with Crippen molar-refractivity contribution in [3.63, 3.8) is 0 Å². The number of benzene rings is 2. The molecule has 1 saturated carbocycles. The van der Waals surface area contributed by atoms with E-state index in [2.05, 4.69) is 36.0 Å². The predicted octanol–water partition coefficient (Wildman–Crippen LogP) is 3.56. The molecule has 2 amide bonds. The molecule has 0 aromatic heterocycles. The van der Waals surface area contributed by atoms with Gasteiger partial charge in [-0.15, -0.1) is 0 Å². The van der Waals surface area contributed by atoms with Gasteiger partial charge in [-0.2, -0.15) is 0 Å². The molecule has 3 aliphatic rings. The fraction of sp³-hybridized carbons (Fsp3) is 0.458. The van der Waals surface area contributed by atoms with Crippen molar-refractivity contribution in [1.82, 2.24) is 15.8 Å². The Morgan fingerprint density at radius 2 is 1.94 bits per heavy atom. The molecular weight excluding hydrogens is 395 g/mol. The first kappa shape index (κ1) is 20.3. The van der Waals surface area contributed by atoms with Gasteiger partial charge < -0.3 is 9.64 Å². The number of methoxy groups -OCH3 is 1. The lowest BCUT2D eigenvalue weighted by Crippen LogP contribution is -2.35. The van der Waals surface area contributed by atoms with E-state index in [0.29, 0.717) is 24.8 Å². The van der Waals surface area contributed by atoms with E-state index in [9.17, 15) is 9.18 Å². The van der Waals surface area contributed by atoms with Crippen LogP contribution in [0.3, 0.4) is 0 Å². The average Bonchev–Trinajstić information content (AvgIpc) is 3.24. The highest BCUT2D eigenvalue weighted by Crippen LogP contribution is 2.49. The van der Waals surface area contributed by atoms with Gasteiger partial charge in [0, 0.05) is 37.3 Å². The van der Waals surface area contributed by atoms with E-state index in [1.807, 2.05) is 15.9 Å². The van der Waals surface area contributed by atoms with Gasteiger partial charge in [0.05, 0.1) is 19.2 Å². The number of aryl methyl sites for hydroxylation is 1. The number of hydrogen-bond donors (Lipinski definition) is 2. The van der Waals surface area contributed by atoms with Crippen molar-refractivity contribution in [2.45, 2.75) is 44.2 Å². The number of urea groups is 1. The minimum Gasteiger partial charge on any atom is -0.497 e. The lowest BCUT2D eigenvalue weighted by Gasteiger charge is -2.23. The van der Waals surface area contributed by atoms with E-state index in [4.69, 9.17) is 4.74 Å². The Labute approximate surface area is 182 Å². The van der Waals surface area contributed by atoms with Crippen molar-refractivity contribution in [2.75, 3.05) is 31.6 Å². The second kappa shape index (κ2) is 7.80. The first-order valence-corrected chi connectivity index (χ1v) is 11.0. The van der Waals surface area contributed by atoms with Crippen molar-refractivity contribution >= 4 is 11.7 Å². The summed E-state index contributed by atoms with van der Waals surface area (Å²) < 4.78 is 19.2. The number of hydrogen-bond acceptors (Lipinski definition) is 4. The SMILES string of the molecule is CCc1cc(N2CC3(CC3)N(Cc3cc(F)cc(OC)c3)C2=O)ccc1C1CNNC1. The van der Waals surface area contributed by atoms with E-state index >= 15 is 0 Å². The molecule has 1 aliphatic carbocycles. The number of hydrazine groups is 1. The zero-order valence-electron chi connectivity index (χ0n) is 18.1. The highest BCUT2D eigenvalue weighted by molar-refractivity contribution is 5.96. The number of anilines is 1. The zero-order valence-corrected chi connectivity index (χ0v) is 18.1. The maximum Gasteiger partial charge on any atom is 0.325 e. The van der Waals surface area contributed by atoms with Crippen LogP contribution in [0.25, 0.3) is 0 Å². The van der Waals surface area contributed by atoms with Gasteiger partial charge in [0.2, 0.25) is 0 Å². The lowest BCUT2D eigenvalue weighted by molar-refractivity contribution is 0.197. The van der Waals surface area contributed by atoms with Gasteiger partial charge in [-0.25, -0.2) is 9.18 Å². The van der Waals surface area contributed by atoms with Crippen LogP contribution in [-0.2, 0) is 13.0 Å². The molecule has 2 heterocycles. The fourth-order valence-electron chi connectivity index (χ4n) is 4.97. The summed E-state index contributed by atoms with van der Waals surface area (Å²) in [6, 6.07) is 11.1. The molecule has 5 rings (SSSR count). The summed E-state index contributed by atoms with van der Waals surface area (Å²) >= 11 is 0. The molecule has 7 heteroatoms. The topological polar surface area (TPSA) is 56.8 Å². The second-order valence-corrected chi connectivity index (χ2v) is 8.87. The van der Waals surface area contributed by atoms with E-state index < -0.39 is 0 Å². The molecule has 3 fully saturated rings. The van der Waals surface area contributed by atoms with E-state index in [1.54, 1.807) is 0 Å². The lowest BCUT2D eigenvalue weighted by atomic mass is 9.93. The summed E-state index contributed by atoms with van der Waals surface area (Å²) in [6.45, 7) is 5.08. The third kappa shape index (κ3) is 3.66. The van der Waals surface area contributed by atoms with Gasteiger partial charge in [0.15, 0.2) is 0 Å². The van der Waals surface area contributed by atoms with Crippen LogP contribution in [0.15, 0.2) is 36.4 Å². The van der Waals surface area contributed by atoms with Gasteiger partial charge in [0.25, 0.3) is 0 Å². The van der Waals surface area contributed by atoms with Crippen molar-refractivity contribution in [3.8, 4) is 5.75 Å². The van der Waals surface area contributed by atoms with Crippen molar-refractivity contribution in [3.05, 3.63) is 58.9 Å². The normalized spacial score (nSPS) is 20.2. The van der Waals surface area contributed by atoms with Crippen LogP contribution in [-0.4, -0.2) is 43.2 Å². The zero-order chi connectivity index (χ0) is 21.6. The van der Waals surface area contributed by atoms with E-state index in [1.165, 1.54) is 30.4 Å². The van der Waals surface area contributed by atoms with Crippen LogP contribution in [0.4, 0.5) is 14.9 Å². The molecule has 0 unspecified atom stereocenters. The van der Waals surface area contributed by atoms with Gasteiger partial charge in [-0.05, 0) is 60.2 Å². The van der Waals surface area contributed by atoms with Crippen LogP contribution >= 0.6 is 0 Å². The van der Waals surface area contributed by atoms with Gasteiger partial charge in [-0.1, -0.05) is 13.0 Å². The first-order chi connectivity index (χ1) is 15.0. The average molecular weight is 425 g/mol. The van der Waals surface area contributed by atoms with Crippen molar-refractivity contribution < 1.29 is 13.9 Å². The third-order valence-corrected chi connectivity index (χ3v) is 6.90. The number of ether oxygens (including phenoxy) is 1. The summed E-state index contributed by atoms with van der Waals surface area (Å²) in [5.41, 5.74) is 10.6. The fourth-order valence-corrected chi connectivity index (χ4v) is 4.97. The van der Waals surface area contributed by atoms with Crippen LogP contribution in [0.5, 0.6) is 5.75 Å². The number of halogens is 1. The Hall–Kier alpha value is -2.64. The summed E-state index contributed by atoms with van der Waals surface area (Å²) in [5.74, 6) is 0.580. The summed E-state index contributed by atoms with van der Waals surface area (Å²) in [7, 11) is 1.52. The number of carbonyl (C=O) groups is 1. The molecule has 2 saturated heterocycles. The van der Waals surface area contributed by atoms with Gasteiger partial charge in [-0.3, -0.25) is 15.8 Å². The molecule has 2 aliphatic heterocycles. The Bertz CT molecular complexity index is 1000. The Kier molecular flexibility index (Phi) is 5.10. The van der Waals surface area contributed by atoms with Crippen molar-refractivity contribution in [2.24, 2.45) is 0 Å². The molecule has 0 atom stereocenters. The molecular formula is C24H29FN4O2. The Balaban J connectivity index is 1.41. The Morgan fingerprint density at radius 1 is 1.16 bits per heavy atom. The molecule has 164 valence electrons.